The van der Waals surface area contributed by atoms with Crippen LogP contribution in [0, 0.1) is 0 Å². The largest absolute Gasteiger partial charge is 0.489 e. The summed E-state index contributed by atoms with van der Waals surface area (Å²) in [6.07, 6.45) is 3.62. The van der Waals surface area contributed by atoms with E-state index >= 15 is 0 Å². The summed E-state index contributed by atoms with van der Waals surface area (Å²) >= 11 is 0. The Morgan fingerprint density at radius 3 is 2.09 bits per heavy atom. The minimum atomic E-state index is -1.10. The zero-order chi connectivity index (χ0) is 31.0. The molecule has 3 rings (SSSR count). The molecule has 0 spiro atoms. The number of anilines is 1. The molecule has 3 aromatic rings. The van der Waals surface area contributed by atoms with Gasteiger partial charge in [0, 0.05) is 38.0 Å². The van der Waals surface area contributed by atoms with Crippen molar-refractivity contribution in [2.45, 2.75) is 51.3 Å². The van der Waals surface area contributed by atoms with Gasteiger partial charge < -0.3 is 25.4 Å². The van der Waals surface area contributed by atoms with Crippen molar-refractivity contribution in [1.82, 2.24) is 4.90 Å². The average Bonchev–Trinajstić information content (AvgIpc) is 2.97. The molecule has 1 atom stereocenters. The van der Waals surface area contributed by atoms with Crippen LogP contribution in [-0.2, 0) is 32.3 Å². The number of carbonyl (C=O) groups excluding carboxylic acids is 1. The monoisotopic (exact) mass is 588 g/mol. The van der Waals surface area contributed by atoms with E-state index in [0.717, 1.165) is 16.7 Å². The minimum absolute atomic E-state index is 0.0440. The maximum atomic E-state index is 12.1. The summed E-state index contributed by atoms with van der Waals surface area (Å²) < 4.78 is 5.84. The summed E-state index contributed by atoms with van der Waals surface area (Å²) in [6.45, 7) is 0.963. The molecule has 0 radical (unpaired) electrons. The molecule has 0 aliphatic heterocycles. The van der Waals surface area contributed by atoms with Gasteiger partial charge in [0.2, 0.25) is 5.91 Å². The van der Waals surface area contributed by atoms with Crippen molar-refractivity contribution >= 4 is 35.6 Å². The van der Waals surface area contributed by atoms with Gasteiger partial charge in [0.25, 0.3) is 0 Å². The van der Waals surface area contributed by atoms with Crippen LogP contribution in [0.25, 0.3) is 6.08 Å². The summed E-state index contributed by atoms with van der Waals surface area (Å²) in [4.78, 5) is 47.6. The van der Waals surface area contributed by atoms with Gasteiger partial charge in [0.1, 0.15) is 18.4 Å². The van der Waals surface area contributed by atoms with Crippen molar-refractivity contribution in [2.75, 3.05) is 11.9 Å². The molecule has 0 aliphatic carbocycles. The number of ether oxygens (including phenoxy) is 1. The van der Waals surface area contributed by atoms with E-state index < -0.39 is 23.9 Å². The Balaban J connectivity index is 1.63. The highest BCUT2D eigenvalue weighted by molar-refractivity contribution is 5.91. The van der Waals surface area contributed by atoms with Crippen LogP contribution in [0.2, 0.25) is 0 Å². The lowest BCUT2D eigenvalue weighted by molar-refractivity contribution is -0.144. The first-order chi connectivity index (χ1) is 20.7. The highest BCUT2D eigenvalue weighted by Gasteiger charge is 2.25. The van der Waals surface area contributed by atoms with E-state index in [-0.39, 0.29) is 51.1 Å². The molecule has 0 unspecified atom stereocenters. The summed E-state index contributed by atoms with van der Waals surface area (Å²) in [5.41, 5.74) is 3.29. The van der Waals surface area contributed by atoms with Crippen LogP contribution in [-0.4, -0.2) is 56.6 Å². The van der Waals surface area contributed by atoms with Gasteiger partial charge in [0.05, 0.1) is 0 Å². The number of hydrogen-bond acceptors (Lipinski definition) is 6. The molecule has 0 saturated heterocycles. The lowest BCUT2D eigenvalue weighted by atomic mass is 10.1. The fourth-order valence-corrected chi connectivity index (χ4v) is 4.32. The Morgan fingerprint density at radius 2 is 1.47 bits per heavy atom. The summed E-state index contributed by atoms with van der Waals surface area (Å²) in [7, 11) is 0. The van der Waals surface area contributed by atoms with Gasteiger partial charge in [-0.25, -0.2) is 0 Å². The second-order valence-corrected chi connectivity index (χ2v) is 9.95. The Morgan fingerprint density at radius 1 is 0.791 bits per heavy atom. The second-order valence-electron chi connectivity index (χ2n) is 9.95. The van der Waals surface area contributed by atoms with Crippen LogP contribution in [0.5, 0.6) is 5.75 Å². The van der Waals surface area contributed by atoms with Crippen molar-refractivity contribution < 1.29 is 39.2 Å². The number of benzene rings is 3. The topological polar surface area (TPSA) is 153 Å². The first-order valence-corrected chi connectivity index (χ1v) is 13.9. The molecule has 0 fully saturated rings. The average molecular weight is 589 g/mol. The van der Waals surface area contributed by atoms with Gasteiger partial charge in [-0.3, -0.25) is 24.1 Å². The maximum absolute atomic E-state index is 12.1. The Bertz CT molecular complexity index is 1370. The first kappa shape index (κ1) is 32.6. The molecule has 0 saturated carbocycles. The van der Waals surface area contributed by atoms with E-state index in [2.05, 4.69) is 5.32 Å². The first-order valence-electron chi connectivity index (χ1n) is 13.9. The summed E-state index contributed by atoms with van der Waals surface area (Å²) in [5.74, 6) is -2.69. The predicted octanol–water partition coefficient (Wildman–Crippen LogP) is 5.29. The molecule has 3 aromatic carbocycles. The third-order valence-electron chi connectivity index (χ3n) is 6.55. The van der Waals surface area contributed by atoms with Crippen LogP contribution >= 0.6 is 0 Å². The van der Waals surface area contributed by atoms with Crippen LogP contribution in [0.3, 0.4) is 0 Å². The highest BCUT2D eigenvalue weighted by Crippen LogP contribution is 2.19. The summed E-state index contributed by atoms with van der Waals surface area (Å²) in [5, 5.41) is 30.5. The number of hydrogen-bond donors (Lipinski definition) is 4. The van der Waals surface area contributed by atoms with Crippen molar-refractivity contribution in [3.63, 3.8) is 0 Å². The van der Waals surface area contributed by atoms with Crippen molar-refractivity contribution in [1.29, 1.82) is 0 Å². The molecular formula is C33H36N2O8. The number of aliphatic carboxylic acids is 3. The SMILES string of the molecule is O=C(O)CCCC(=O)Nc1ccc(/C=C/CN(Cc2ccc(OCc3ccccc3)cc2)[C@@H](CCC(=O)O)C(=O)O)cc1. The van der Waals surface area contributed by atoms with E-state index in [1.54, 1.807) is 29.2 Å². The second kappa shape index (κ2) is 17.1. The number of carboxylic acids is 3. The predicted molar refractivity (Wildman–Crippen MR) is 162 cm³/mol. The molecule has 0 bridgehead atoms. The normalized spacial score (nSPS) is 11.7. The molecule has 4 N–H and O–H groups in total. The number of carbonyl (C=O) groups is 4. The number of nitrogens with zero attached hydrogens (tertiary/aromatic N) is 1. The Kier molecular flexibility index (Phi) is 12.9. The molecule has 0 aliphatic rings. The summed E-state index contributed by atoms with van der Waals surface area (Å²) in [6, 6.07) is 23.2. The van der Waals surface area contributed by atoms with Crippen LogP contribution in [0.15, 0.2) is 84.9 Å². The fraction of sp³-hybridized carbons (Fsp3) is 0.273. The van der Waals surface area contributed by atoms with Crippen molar-refractivity contribution in [3.8, 4) is 5.75 Å². The van der Waals surface area contributed by atoms with Gasteiger partial charge in [-0.2, -0.15) is 0 Å². The molecular weight excluding hydrogens is 552 g/mol. The van der Waals surface area contributed by atoms with Crippen molar-refractivity contribution in [3.05, 3.63) is 102 Å². The van der Waals surface area contributed by atoms with E-state index in [0.29, 0.717) is 18.0 Å². The molecule has 226 valence electrons. The maximum Gasteiger partial charge on any atom is 0.320 e. The van der Waals surface area contributed by atoms with E-state index in [4.69, 9.17) is 14.9 Å². The van der Waals surface area contributed by atoms with E-state index in [1.807, 2.05) is 66.7 Å². The van der Waals surface area contributed by atoms with E-state index in [9.17, 15) is 24.3 Å². The lowest BCUT2D eigenvalue weighted by Crippen LogP contribution is -2.41. The standard InChI is InChI=1S/C33H36N2O8/c36-30(9-4-10-31(37)38)34-27-15-11-24(12-16-27)8-5-21-35(29(33(41)42)19-20-32(39)40)22-25-13-17-28(18-14-25)43-23-26-6-2-1-3-7-26/h1-3,5-8,11-18,29H,4,9-10,19-23H2,(H,34,36)(H,37,38)(H,39,40)(H,41,42)/b8-5+/t29-/m0/s1. The van der Waals surface area contributed by atoms with Crippen LogP contribution < -0.4 is 10.1 Å². The van der Waals surface area contributed by atoms with Gasteiger partial charge >= 0.3 is 17.9 Å². The molecule has 1 amide bonds. The molecule has 10 nitrogen and oxygen atoms in total. The third kappa shape index (κ3) is 12.2. The number of nitrogens with one attached hydrogen (secondary N) is 1. The minimum Gasteiger partial charge on any atom is -0.489 e. The van der Waals surface area contributed by atoms with Crippen molar-refractivity contribution in [2.24, 2.45) is 0 Å². The van der Waals surface area contributed by atoms with Crippen LogP contribution in [0.1, 0.15) is 48.8 Å². The highest BCUT2D eigenvalue weighted by atomic mass is 16.5. The van der Waals surface area contributed by atoms with Gasteiger partial charge in [-0.05, 0) is 53.8 Å². The zero-order valence-electron chi connectivity index (χ0n) is 23.7. The van der Waals surface area contributed by atoms with Crippen LogP contribution in [0.4, 0.5) is 5.69 Å². The Hall–Kier alpha value is -4.96. The third-order valence-corrected chi connectivity index (χ3v) is 6.55. The fourth-order valence-electron chi connectivity index (χ4n) is 4.32. The quantitative estimate of drug-likeness (QED) is 0.155. The molecule has 0 heterocycles. The number of amides is 1. The van der Waals surface area contributed by atoms with Gasteiger partial charge in [-0.1, -0.05) is 66.7 Å². The zero-order valence-corrected chi connectivity index (χ0v) is 23.7. The molecule has 43 heavy (non-hydrogen) atoms. The molecule has 10 heteroatoms. The molecule has 0 aromatic heterocycles. The van der Waals surface area contributed by atoms with E-state index in [1.165, 1.54) is 0 Å². The number of rotatable bonds is 18. The number of carboxylic acid groups (broad SMARTS) is 3. The lowest BCUT2D eigenvalue weighted by Gasteiger charge is -2.27. The smallest absolute Gasteiger partial charge is 0.320 e. The van der Waals surface area contributed by atoms with Gasteiger partial charge in [0.15, 0.2) is 0 Å². The Labute approximate surface area is 250 Å². The van der Waals surface area contributed by atoms with Gasteiger partial charge in [-0.15, -0.1) is 0 Å².